The minimum Gasteiger partial charge on any atom is -0.465 e. The van der Waals surface area contributed by atoms with Gasteiger partial charge in [0, 0.05) is 18.3 Å². The van der Waals surface area contributed by atoms with Crippen molar-refractivity contribution in [3.63, 3.8) is 0 Å². The van der Waals surface area contributed by atoms with Crippen LogP contribution < -0.4 is 15.4 Å². The molecule has 0 aliphatic rings. The Balaban J connectivity index is 1.48. The number of nitrogens with zero attached hydrogens (tertiary/aromatic N) is 1. The first-order valence-electron chi connectivity index (χ1n) is 12.6. The van der Waals surface area contributed by atoms with E-state index in [1.54, 1.807) is 6.92 Å². The summed E-state index contributed by atoms with van der Waals surface area (Å²) in [5.74, 6) is -2.56. The predicted molar refractivity (Wildman–Crippen MR) is 146 cm³/mol. The lowest BCUT2D eigenvalue weighted by atomic mass is 10.1. The minimum absolute atomic E-state index is 0.0752. The van der Waals surface area contributed by atoms with Crippen LogP contribution in [0.5, 0.6) is 0 Å². The second kappa shape index (κ2) is 14.5. The third kappa shape index (κ3) is 9.02. The number of rotatable bonds is 13. The third-order valence-electron chi connectivity index (χ3n) is 5.63. The number of amides is 3. The van der Waals surface area contributed by atoms with E-state index in [-0.39, 0.29) is 40.8 Å². The molecule has 1 aromatic heterocycles. The Morgan fingerprint density at radius 3 is 2.15 bits per heavy atom. The van der Waals surface area contributed by atoms with Crippen LogP contribution >= 0.6 is 0 Å². The van der Waals surface area contributed by atoms with Crippen LogP contribution in [-0.2, 0) is 26.0 Å². The van der Waals surface area contributed by atoms with Gasteiger partial charge in [-0.1, -0.05) is 30.3 Å². The summed E-state index contributed by atoms with van der Waals surface area (Å²) >= 11 is 0. The van der Waals surface area contributed by atoms with Crippen molar-refractivity contribution in [3.8, 4) is 0 Å². The Hall–Kier alpha value is -4.58. The molecule has 3 rings (SSSR count). The number of hydrogen-bond donors (Lipinski definition) is 3. The largest absolute Gasteiger partial charge is 0.465 e. The van der Waals surface area contributed by atoms with E-state index in [0.717, 1.165) is 25.5 Å². The van der Waals surface area contributed by atoms with E-state index in [9.17, 15) is 27.6 Å². The summed E-state index contributed by atoms with van der Waals surface area (Å²) < 4.78 is 32.0. The summed E-state index contributed by atoms with van der Waals surface area (Å²) in [7, 11) is -4.24. The van der Waals surface area contributed by atoms with Crippen LogP contribution in [0.25, 0.3) is 0 Å². The molecule has 12 heteroatoms. The average Bonchev–Trinajstić information content (AvgIpc) is 2.96. The van der Waals surface area contributed by atoms with Gasteiger partial charge in [0.05, 0.1) is 17.1 Å². The highest BCUT2D eigenvalue weighted by Gasteiger charge is 2.20. The number of ether oxygens (including phenoxy) is 1. The first kappa shape index (κ1) is 30.0. The van der Waals surface area contributed by atoms with Crippen molar-refractivity contribution < 1.29 is 32.3 Å². The number of carbonyl (C=O) groups excluding carboxylic acids is 4. The fourth-order valence-corrected chi connectivity index (χ4v) is 4.52. The van der Waals surface area contributed by atoms with Crippen LogP contribution in [-0.4, -0.2) is 56.8 Å². The molecule has 210 valence electrons. The first-order chi connectivity index (χ1) is 19.2. The van der Waals surface area contributed by atoms with Gasteiger partial charge in [0.15, 0.2) is 0 Å². The Labute approximate surface area is 232 Å². The minimum atomic E-state index is -4.24. The molecule has 0 atom stereocenters. The zero-order chi connectivity index (χ0) is 29.0. The van der Waals surface area contributed by atoms with E-state index in [1.807, 2.05) is 22.9 Å². The summed E-state index contributed by atoms with van der Waals surface area (Å²) in [6, 6.07) is 17.7. The Morgan fingerprint density at radius 1 is 0.800 bits per heavy atom. The van der Waals surface area contributed by atoms with Crippen molar-refractivity contribution in [3.05, 3.63) is 95.3 Å². The van der Waals surface area contributed by atoms with Gasteiger partial charge in [0.1, 0.15) is 12.2 Å². The van der Waals surface area contributed by atoms with E-state index in [0.29, 0.717) is 6.54 Å². The molecule has 0 aliphatic carbocycles. The van der Waals surface area contributed by atoms with Gasteiger partial charge in [-0.15, -0.1) is 0 Å². The van der Waals surface area contributed by atoms with Gasteiger partial charge in [-0.3, -0.25) is 24.2 Å². The Kier molecular flexibility index (Phi) is 10.9. The van der Waals surface area contributed by atoms with E-state index < -0.39 is 27.8 Å². The second-order valence-electron chi connectivity index (χ2n) is 8.58. The Morgan fingerprint density at radius 2 is 1.50 bits per heavy atom. The van der Waals surface area contributed by atoms with Gasteiger partial charge in [0.25, 0.3) is 27.7 Å². The second-order valence-corrected chi connectivity index (χ2v) is 10.3. The highest BCUT2D eigenvalue weighted by atomic mass is 32.2. The van der Waals surface area contributed by atoms with Gasteiger partial charge in [-0.05, 0) is 68.1 Å². The molecule has 0 bridgehead atoms. The Bertz CT molecular complexity index is 1430. The summed E-state index contributed by atoms with van der Waals surface area (Å²) in [4.78, 5) is 51.9. The van der Waals surface area contributed by atoms with Gasteiger partial charge < -0.3 is 15.4 Å². The predicted octanol–water partition coefficient (Wildman–Crippen LogP) is 2.25. The summed E-state index contributed by atoms with van der Waals surface area (Å²) in [6.07, 6.45) is 3.68. The van der Waals surface area contributed by atoms with Crippen LogP contribution in [0.4, 0.5) is 0 Å². The van der Waals surface area contributed by atoms with Crippen molar-refractivity contribution in [2.75, 3.05) is 19.7 Å². The first-order valence-corrected chi connectivity index (χ1v) is 14.1. The fourth-order valence-electron chi connectivity index (χ4n) is 3.55. The molecule has 0 saturated carbocycles. The molecule has 0 fully saturated rings. The number of sulfonamides is 1. The molecule has 0 spiro atoms. The molecular weight excluding hydrogens is 536 g/mol. The van der Waals surface area contributed by atoms with Gasteiger partial charge >= 0.3 is 5.97 Å². The molecule has 3 amide bonds. The maximum absolute atomic E-state index is 12.7. The number of hydrogen-bond acceptors (Lipinski definition) is 8. The number of unbranched alkanes of at least 4 members (excludes halogenated alkanes) is 1. The van der Waals surface area contributed by atoms with Crippen LogP contribution in [0, 0.1) is 0 Å². The van der Waals surface area contributed by atoms with Gasteiger partial charge in [-0.25, -0.2) is 13.1 Å². The lowest BCUT2D eigenvalue weighted by Gasteiger charge is -2.09. The smallest absolute Gasteiger partial charge is 0.325 e. The SMILES string of the molecule is CCOC(=O)CNC(=O)c1ccc(C(=O)NS(=O)(=O)c2ccc(C(=O)NCCCCc3ccccc3)cc2)cn1. The summed E-state index contributed by atoms with van der Waals surface area (Å²) in [5, 5.41) is 5.14. The van der Waals surface area contributed by atoms with Crippen LogP contribution in [0.1, 0.15) is 56.5 Å². The van der Waals surface area contributed by atoms with E-state index in [2.05, 4.69) is 27.8 Å². The number of esters is 1. The van der Waals surface area contributed by atoms with Gasteiger partial charge in [-0.2, -0.15) is 0 Å². The molecule has 0 aliphatic heterocycles. The summed E-state index contributed by atoms with van der Waals surface area (Å²) in [6.45, 7) is 1.95. The molecule has 3 aromatic rings. The maximum atomic E-state index is 12.7. The lowest BCUT2D eigenvalue weighted by molar-refractivity contribution is -0.141. The molecule has 3 N–H and O–H groups in total. The standard InChI is InChI=1S/C28H30N4O7S/c1-2-39-25(33)19-31-28(36)24-16-13-22(18-30-24)27(35)32-40(37,38)23-14-11-21(12-15-23)26(34)29-17-7-6-10-20-8-4-3-5-9-20/h3-5,8-9,11-16,18H,2,6-7,10,17,19H2,1H3,(H,29,34)(H,31,36)(H,32,35). The van der Waals surface area contributed by atoms with Gasteiger partial charge in [0.2, 0.25) is 0 Å². The average molecular weight is 567 g/mol. The number of aromatic nitrogens is 1. The van der Waals surface area contributed by atoms with E-state index in [1.165, 1.54) is 42.0 Å². The zero-order valence-electron chi connectivity index (χ0n) is 21.9. The quantitative estimate of drug-likeness (QED) is 0.210. The molecule has 0 saturated heterocycles. The van der Waals surface area contributed by atoms with Crippen LogP contribution in [0.15, 0.2) is 77.8 Å². The fraction of sp³-hybridized carbons (Fsp3) is 0.250. The molecule has 0 unspecified atom stereocenters. The van der Waals surface area contributed by atoms with Crippen molar-refractivity contribution in [1.82, 2.24) is 20.3 Å². The molecule has 40 heavy (non-hydrogen) atoms. The van der Waals surface area contributed by atoms with Crippen molar-refractivity contribution in [2.24, 2.45) is 0 Å². The number of pyridine rings is 1. The van der Waals surface area contributed by atoms with E-state index >= 15 is 0 Å². The topological polar surface area (TPSA) is 161 Å². The highest BCUT2D eigenvalue weighted by molar-refractivity contribution is 7.90. The lowest BCUT2D eigenvalue weighted by Crippen LogP contribution is -2.32. The molecule has 11 nitrogen and oxygen atoms in total. The zero-order valence-corrected chi connectivity index (χ0v) is 22.7. The molecule has 2 aromatic carbocycles. The third-order valence-corrected chi connectivity index (χ3v) is 6.98. The van der Waals surface area contributed by atoms with Crippen molar-refractivity contribution in [1.29, 1.82) is 0 Å². The van der Waals surface area contributed by atoms with Crippen molar-refractivity contribution in [2.45, 2.75) is 31.1 Å². The maximum Gasteiger partial charge on any atom is 0.325 e. The van der Waals surface area contributed by atoms with Crippen LogP contribution in [0.3, 0.4) is 0 Å². The molecule has 1 heterocycles. The number of aryl methyl sites for hydroxylation is 1. The van der Waals surface area contributed by atoms with Crippen LogP contribution in [0.2, 0.25) is 0 Å². The normalized spacial score (nSPS) is 10.8. The number of benzene rings is 2. The summed E-state index contributed by atoms with van der Waals surface area (Å²) in [5.41, 5.74) is 1.35. The number of nitrogens with one attached hydrogen (secondary N) is 3. The highest BCUT2D eigenvalue weighted by Crippen LogP contribution is 2.12. The number of carbonyl (C=O) groups is 4. The van der Waals surface area contributed by atoms with Crippen molar-refractivity contribution >= 4 is 33.7 Å². The molecular formula is C28H30N4O7S. The van der Waals surface area contributed by atoms with E-state index in [4.69, 9.17) is 4.74 Å². The molecule has 0 radical (unpaired) electrons. The monoisotopic (exact) mass is 566 g/mol.